The Morgan fingerprint density at radius 1 is 1.14 bits per heavy atom. The van der Waals surface area contributed by atoms with Gasteiger partial charge in [0.25, 0.3) is 0 Å². The van der Waals surface area contributed by atoms with Crippen LogP contribution in [0, 0.1) is 11.6 Å². The summed E-state index contributed by atoms with van der Waals surface area (Å²) >= 11 is 2.63. The van der Waals surface area contributed by atoms with Crippen molar-refractivity contribution in [1.82, 2.24) is 29.5 Å². The van der Waals surface area contributed by atoms with Gasteiger partial charge in [-0.3, -0.25) is 4.79 Å². The highest BCUT2D eigenvalue weighted by Crippen LogP contribution is 2.38. The van der Waals surface area contributed by atoms with Gasteiger partial charge in [-0.1, -0.05) is 25.1 Å². The third kappa shape index (κ3) is 5.66. The Kier molecular flexibility index (Phi) is 7.86. The van der Waals surface area contributed by atoms with Crippen LogP contribution in [0.3, 0.4) is 0 Å². The van der Waals surface area contributed by atoms with Crippen molar-refractivity contribution in [2.75, 3.05) is 0 Å². The van der Waals surface area contributed by atoms with Crippen LogP contribution in [0.1, 0.15) is 29.8 Å². The Morgan fingerprint density at radius 3 is 2.50 bits per heavy atom. The van der Waals surface area contributed by atoms with Crippen molar-refractivity contribution < 1.29 is 18.7 Å². The molecule has 2 aromatic heterocycles. The molecule has 1 N–H and O–H groups in total. The van der Waals surface area contributed by atoms with Crippen molar-refractivity contribution in [3.05, 3.63) is 84.2 Å². The zero-order valence-corrected chi connectivity index (χ0v) is 21.4. The average molecular weight is 531 g/mol. The molecule has 0 aliphatic carbocycles. The van der Waals surface area contributed by atoms with E-state index in [-0.39, 0.29) is 17.9 Å². The SMILES string of the molecule is C[C@H](S[C@H](C)[C@](O)(Cn1cncn1)c1ccc(F)cc1F)C(=O)c1ccc(Sc2nncn2C)cc1. The molecule has 2 aromatic carbocycles. The van der Waals surface area contributed by atoms with Crippen molar-refractivity contribution in [2.24, 2.45) is 7.05 Å². The first kappa shape index (κ1) is 26.0. The first-order valence-corrected chi connectivity index (χ1v) is 12.7. The van der Waals surface area contributed by atoms with Gasteiger partial charge in [0.15, 0.2) is 10.9 Å². The molecular formula is C24H24F2N6O2S2. The number of hydrogen-bond donors (Lipinski definition) is 1. The molecule has 0 aliphatic rings. The molecular weight excluding hydrogens is 506 g/mol. The van der Waals surface area contributed by atoms with Crippen LogP contribution < -0.4 is 0 Å². The number of rotatable bonds is 10. The molecule has 0 saturated heterocycles. The minimum absolute atomic E-state index is 0.0794. The molecule has 12 heteroatoms. The molecule has 4 rings (SSSR count). The van der Waals surface area contributed by atoms with Gasteiger partial charge in [-0.05, 0) is 36.9 Å². The lowest BCUT2D eigenvalue weighted by Gasteiger charge is -2.35. The summed E-state index contributed by atoms with van der Waals surface area (Å²) < 4.78 is 31.5. The smallest absolute Gasteiger partial charge is 0.195 e. The fourth-order valence-corrected chi connectivity index (χ4v) is 5.77. The number of benzene rings is 2. The molecule has 4 aromatic rings. The third-order valence-electron chi connectivity index (χ3n) is 5.73. The number of hydrogen-bond acceptors (Lipinski definition) is 8. The quantitative estimate of drug-likeness (QED) is 0.306. The maximum absolute atomic E-state index is 14.8. The number of Topliss-reactive ketones (excluding diaryl/α,β-unsaturated/α-hetero) is 1. The minimum Gasteiger partial charge on any atom is -0.382 e. The maximum atomic E-state index is 14.8. The normalized spacial score (nSPS) is 14.8. The Bertz CT molecular complexity index is 1330. The van der Waals surface area contributed by atoms with Crippen LogP contribution in [0.4, 0.5) is 8.78 Å². The monoisotopic (exact) mass is 530 g/mol. The Morgan fingerprint density at radius 2 is 1.89 bits per heavy atom. The number of carbonyl (C=O) groups is 1. The third-order valence-corrected chi connectivity index (χ3v) is 8.22. The second-order valence-electron chi connectivity index (χ2n) is 8.28. The van der Waals surface area contributed by atoms with Gasteiger partial charge in [0.2, 0.25) is 0 Å². The average Bonchev–Trinajstić information content (AvgIpc) is 3.50. The molecule has 0 fully saturated rings. The molecule has 0 spiro atoms. The molecule has 0 amide bonds. The molecule has 0 bridgehead atoms. The van der Waals surface area contributed by atoms with Crippen LogP contribution in [0.2, 0.25) is 0 Å². The zero-order chi connectivity index (χ0) is 25.9. The summed E-state index contributed by atoms with van der Waals surface area (Å²) in [4.78, 5) is 18.0. The van der Waals surface area contributed by atoms with Gasteiger partial charge in [-0.2, -0.15) is 5.10 Å². The number of aryl methyl sites for hydroxylation is 1. The van der Waals surface area contributed by atoms with E-state index in [0.717, 1.165) is 22.2 Å². The summed E-state index contributed by atoms with van der Waals surface area (Å²) in [5.41, 5.74) is -1.36. The second-order valence-corrected chi connectivity index (χ2v) is 11.0. The standard InChI is InChI=1S/C24H24F2N6O2S2/c1-15(22(33)17-4-7-19(8-5-17)36-23-30-28-14-31(23)3)35-16(2)24(34,11-32-13-27-12-29-32)20-9-6-18(25)10-21(20)26/h4-10,12-16,34H,11H2,1-3H3/t15-,16+,24+/m0/s1. The highest BCUT2D eigenvalue weighted by Gasteiger charge is 2.41. The van der Waals surface area contributed by atoms with E-state index in [1.54, 1.807) is 36.9 Å². The highest BCUT2D eigenvalue weighted by molar-refractivity contribution is 8.01. The van der Waals surface area contributed by atoms with Gasteiger partial charge in [-0.15, -0.1) is 22.0 Å². The van der Waals surface area contributed by atoms with E-state index in [1.807, 2.05) is 19.2 Å². The number of aromatic nitrogens is 6. The molecule has 3 atom stereocenters. The van der Waals surface area contributed by atoms with Crippen molar-refractivity contribution >= 4 is 29.3 Å². The van der Waals surface area contributed by atoms with Gasteiger partial charge in [-0.25, -0.2) is 18.4 Å². The Hall–Kier alpha value is -3.09. The van der Waals surface area contributed by atoms with E-state index in [4.69, 9.17) is 0 Å². The topological polar surface area (TPSA) is 98.7 Å². The zero-order valence-electron chi connectivity index (χ0n) is 19.7. The summed E-state index contributed by atoms with van der Waals surface area (Å²) in [6.07, 6.45) is 4.32. The largest absolute Gasteiger partial charge is 0.382 e. The molecule has 36 heavy (non-hydrogen) atoms. The van der Waals surface area contributed by atoms with Crippen LogP contribution in [0.25, 0.3) is 0 Å². The predicted octanol–water partition coefficient (Wildman–Crippen LogP) is 4.12. The number of ketones is 1. The Labute approximate surface area is 215 Å². The van der Waals surface area contributed by atoms with E-state index >= 15 is 0 Å². The van der Waals surface area contributed by atoms with Crippen molar-refractivity contribution in [3.8, 4) is 0 Å². The first-order chi connectivity index (χ1) is 17.2. The molecule has 8 nitrogen and oxygen atoms in total. The summed E-state index contributed by atoms with van der Waals surface area (Å²) in [5.74, 6) is -1.76. The van der Waals surface area contributed by atoms with E-state index in [9.17, 15) is 18.7 Å². The summed E-state index contributed by atoms with van der Waals surface area (Å²) in [5, 5.41) is 23.1. The molecule has 2 heterocycles. The number of nitrogens with zero attached hydrogens (tertiary/aromatic N) is 6. The first-order valence-electron chi connectivity index (χ1n) is 11.0. The summed E-state index contributed by atoms with van der Waals surface area (Å²) in [6, 6.07) is 10.2. The van der Waals surface area contributed by atoms with E-state index in [1.165, 1.54) is 46.9 Å². The van der Waals surface area contributed by atoms with Crippen molar-refractivity contribution in [1.29, 1.82) is 0 Å². The fourth-order valence-electron chi connectivity index (χ4n) is 3.71. The summed E-state index contributed by atoms with van der Waals surface area (Å²) in [7, 11) is 1.85. The van der Waals surface area contributed by atoms with E-state index < -0.39 is 27.7 Å². The lowest BCUT2D eigenvalue weighted by molar-refractivity contribution is 0.0132. The van der Waals surface area contributed by atoms with Gasteiger partial charge in [0.05, 0.1) is 11.8 Å². The van der Waals surface area contributed by atoms with Crippen LogP contribution in [-0.2, 0) is 19.2 Å². The number of thioether (sulfide) groups is 1. The number of halogens is 2. The van der Waals surface area contributed by atoms with Crippen molar-refractivity contribution in [3.63, 3.8) is 0 Å². The highest BCUT2D eigenvalue weighted by atomic mass is 32.2. The molecule has 188 valence electrons. The lowest BCUT2D eigenvalue weighted by atomic mass is 9.90. The number of carbonyl (C=O) groups excluding carboxylic acids is 1. The number of aliphatic hydroxyl groups is 1. The Balaban J connectivity index is 1.51. The van der Waals surface area contributed by atoms with Crippen LogP contribution in [0.5, 0.6) is 0 Å². The van der Waals surface area contributed by atoms with E-state index in [2.05, 4.69) is 20.3 Å². The van der Waals surface area contributed by atoms with Crippen LogP contribution in [-0.4, -0.2) is 50.9 Å². The van der Waals surface area contributed by atoms with Crippen LogP contribution >= 0.6 is 23.5 Å². The molecule has 0 saturated carbocycles. The van der Waals surface area contributed by atoms with Gasteiger partial charge < -0.3 is 9.67 Å². The maximum Gasteiger partial charge on any atom is 0.195 e. The molecule has 0 unspecified atom stereocenters. The lowest BCUT2D eigenvalue weighted by Crippen LogP contribution is -2.42. The molecule has 0 aliphatic heterocycles. The van der Waals surface area contributed by atoms with Gasteiger partial charge >= 0.3 is 0 Å². The summed E-state index contributed by atoms with van der Waals surface area (Å²) in [6.45, 7) is 3.32. The van der Waals surface area contributed by atoms with Gasteiger partial charge in [0, 0.05) is 34.4 Å². The minimum atomic E-state index is -1.79. The van der Waals surface area contributed by atoms with E-state index in [0.29, 0.717) is 5.56 Å². The fraction of sp³-hybridized carbons (Fsp3) is 0.292. The second kappa shape index (κ2) is 10.9. The molecule has 0 radical (unpaired) electrons. The van der Waals surface area contributed by atoms with Crippen molar-refractivity contribution in [2.45, 2.75) is 46.5 Å². The van der Waals surface area contributed by atoms with Crippen LogP contribution in [0.15, 0.2) is 71.5 Å². The van der Waals surface area contributed by atoms with Gasteiger partial charge in [0.1, 0.15) is 36.2 Å². The predicted molar refractivity (Wildman–Crippen MR) is 133 cm³/mol.